The van der Waals surface area contributed by atoms with E-state index >= 15 is 0 Å². The lowest BCUT2D eigenvalue weighted by molar-refractivity contribution is 0.299. The van der Waals surface area contributed by atoms with E-state index in [1.165, 1.54) is 13.2 Å². The summed E-state index contributed by atoms with van der Waals surface area (Å²) in [6, 6.07) is 4.92. The molecule has 1 aromatic carbocycles. The predicted octanol–water partition coefficient (Wildman–Crippen LogP) is 1.80. The van der Waals surface area contributed by atoms with Crippen molar-refractivity contribution >= 4 is 22.9 Å². The van der Waals surface area contributed by atoms with Crippen LogP contribution in [-0.2, 0) is 4.79 Å². The van der Waals surface area contributed by atoms with Gasteiger partial charge >= 0.3 is 6.08 Å². The molecule has 0 radical (unpaired) electrons. The number of methoxy groups -OCH3 is 1. The summed E-state index contributed by atoms with van der Waals surface area (Å²) >= 11 is 0. The first-order chi connectivity index (χ1) is 6.83. The first kappa shape index (κ1) is 8.47. The van der Waals surface area contributed by atoms with Crippen molar-refractivity contribution in [2.24, 2.45) is 4.99 Å². The van der Waals surface area contributed by atoms with Gasteiger partial charge < -0.3 is 9.15 Å². The molecule has 0 saturated carbocycles. The Balaban J connectivity index is 2.59. The van der Waals surface area contributed by atoms with E-state index in [1.54, 1.807) is 18.2 Å². The molecule has 1 aromatic heterocycles. The van der Waals surface area contributed by atoms with E-state index < -0.39 is 0 Å². The topological polar surface area (TPSA) is 64.7 Å². The van der Waals surface area contributed by atoms with Crippen LogP contribution in [0.1, 0.15) is 0 Å². The average molecular weight is 190 g/mol. The molecule has 0 bridgehead atoms. The summed E-state index contributed by atoms with van der Waals surface area (Å²) in [5.74, 6) is 0. The number of nitrogens with zero attached hydrogens (tertiary/aromatic N) is 2. The third-order valence-corrected chi connectivity index (χ3v) is 1.70. The van der Waals surface area contributed by atoms with E-state index in [9.17, 15) is 4.79 Å². The zero-order chi connectivity index (χ0) is 9.97. The number of benzene rings is 1. The van der Waals surface area contributed by atoms with Gasteiger partial charge in [0, 0.05) is 0 Å². The summed E-state index contributed by atoms with van der Waals surface area (Å²) in [6.45, 7) is 0. The van der Waals surface area contributed by atoms with Crippen LogP contribution in [0.3, 0.4) is 0 Å². The highest BCUT2D eigenvalue weighted by Crippen LogP contribution is 2.24. The molecule has 0 N–H and O–H groups in total. The standard InChI is InChI=1S/C9H6N2O3/c1-13-9-11-7-4-6(10-5-12)2-3-8(7)14-9/h2-4H,1H3. The zero-order valence-electron chi connectivity index (χ0n) is 7.35. The highest BCUT2D eigenvalue weighted by molar-refractivity contribution is 5.77. The van der Waals surface area contributed by atoms with Crippen LogP contribution in [0.2, 0.25) is 0 Å². The zero-order valence-corrected chi connectivity index (χ0v) is 7.35. The molecule has 0 atom stereocenters. The number of carbonyl (C=O) groups excluding carboxylic acids is 1. The molecule has 0 spiro atoms. The van der Waals surface area contributed by atoms with Crippen molar-refractivity contribution in [1.82, 2.24) is 4.98 Å². The van der Waals surface area contributed by atoms with Crippen molar-refractivity contribution in [3.05, 3.63) is 18.2 Å². The number of fused-ring (bicyclic) bond motifs is 1. The Labute approximate surface area is 79.0 Å². The molecule has 0 saturated heterocycles. The number of rotatable bonds is 2. The van der Waals surface area contributed by atoms with E-state index in [4.69, 9.17) is 9.15 Å². The maximum atomic E-state index is 10.0. The maximum absolute atomic E-state index is 10.0. The molecule has 70 valence electrons. The second-order valence-corrected chi connectivity index (χ2v) is 2.54. The minimum absolute atomic E-state index is 0.187. The predicted molar refractivity (Wildman–Crippen MR) is 48.3 cm³/mol. The van der Waals surface area contributed by atoms with Crippen molar-refractivity contribution in [2.75, 3.05) is 7.11 Å². The number of oxazole rings is 1. The maximum Gasteiger partial charge on any atom is 0.394 e. The second-order valence-electron chi connectivity index (χ2n) is 2.54. The Morgan fingerprint density at radius 3 is 3.14 bits per heavy atom. The Kier molecular flexibility index (Phi) is 2.01. The van der Waals surface area contributed by atoms with Crippen LogP contribution in [0, 0.1) is 0 Å². The fraction of sp³-hybridized carbons (Fsp3) is 0.111. The van der Waals surface area contributed by atoms with Crippen molar-refractivity contribution in [2.45, 2.75) is 0 Å². The lowest BCUT2D eigenvalue weighted by Crippen LogP contribution is -1.79. The Morgan fingerprint density at radius 2 is 2.43 bits per heavy atom. The van der Waals surface area contributed by atoms with E-state index in [0.29, 0.717) is 16.8 Å². The third kappa shape index (κ3) is 1.36. The van der Waals surface area contributed by atoms with Crippen molar-refractivity contribution in [3.63, 3.8) is 0 Å². The van der Waals surface area contributed by atoms with Gasteiger partial charge in [-0.1, -0.05) is 0 Å². The van der Waals surface area contributed by atoms with Crippen LogP contribution in [-0.4, -0.2) is 18.2 Å². The summed E-state index contributed by atoms with van der Waals surface area (Å²) in [7, 11) is 1.47. The fourth-order valence-electron chi connectivity index (χ4n) is 1.10. The van der Waals surface area contributed by atoms with Gasteiger partial charge in [-0.15, -0.1) is 0 Å². The number of hydrogen-bond acceptors (Lipinski definition) is 5. The van der Waals surface area contributed by atoms with Gasteiger partial charge in [-0.25, -0.2) is 4.79 Å². The van der Waals surface area contributed by atoms with E-state index in [2.05, 4.69) is 9.98 Å². The summed E-state index contributed by atoms with van der Waals surface area (Å²) < 4.78 is 9.99. The number of hydrogen-bond donors (Lipinski definition) is 0. The Hall–Kier alpha value is -2.13. The Bertz CT molecular complexity index is 512. The molecule has 0 aliphatic carbocycles. The number of isocyanates is 1. The lowest BCUT2D eigenvalue weighted by Gasteiger charge is -1.87. The monoisotopic (exact) mass is 190 g/mol. The summed E-state index contributed by atoms with van der Waals surface area (Å²) in [6.07, 6.45) is 1.64. The molecule has 1 heterocycles. The van der Waals surface area contributed by atoms with Gasteiger partial charge in [0.1, 0.15) is 5.52 Å². The first-order valence-electron chi connectivity index (χ1n) is 3.86. The molecule has 14 heavy (non-hydrogen) atoms. The Morgan fingerprint density at radius 1 is 1.57 bits per heavy atom. The highest BCUT2D eigenvalue weighted by Gasteiger charge is 2.05. The minimum atomic E-state index is 0.187. The van der Waals surface area contributed by atoms with E-state index in [0.717, 1.165) is 0 Å². The third-order valence-electron chi connectivity index (χ3n) is 1.70. The molecular weight excluding hydrogens is 184 g/mol. The summed E-state index contributed by atoms with van der Waals surface area (Å²) in [5, 5.41) is 0. The largest absolute Gasteiger partial charge is 0.453 e. The van der Waals surface area contributed by atoms with Crippen LogP contribution < -0.4 is 4.74 Å². The molecule has 0 unspecified atom stereocenters. The SMILES string of the molecule is COc1nc2cc(N=C=O)ccc2o1. The van der Waals surface area contributed by atoms with Gasteiger partial charge in [0.2, 0.25) is 6.08 Å². The van der Waals surface area contributed by atoms with Gasteiger partial charge in [0.15, 0.2) is 5.58 Å². The molecule has 0 aliphatic heterocycles. The molecule has 5 heteroatoms. The van der Waals surface area contributed by atoms with Crippen LogP contribution in [0.15, 0.2) is 27.6 Å². The molecule has 2 rings (SSSR count). The molecular formula is C9H6N2O3. The number of aromatic nitrogens is 1. The lowest BCUT2D eigenvalue weighted by atomic mass is 10.3. The van der Waals surface area contributed by atoms with Crippen molar-refractivity contribution < 1.29 is 13.9 Å². The van der Waals surface area contributed by atoms with Crippen LogP contribution in [0.5, 0.6) is 6.08 Å². The van der Waals surface area contributed by atoms with Crippen LogP contribution in [0.25, 0.3) is 11.1 Å². The van der Waals surface area contributed by atoms with Crippen LogP contribution in [0.4, 0.5) is 5.69 Å². The molecule has 2 aromatic rings. The number of ether oxygens (including phenoxy) is 1. The van der Waals surface area contributed by atoms with Gasteiger partial charge in [0.05, 0.1) is 12.8 Å². The minimum Gasteiger partial charge on any atom is -0.453 e. The van der Waals surface area contributed by atoms with Gasteiger partial charge in [-0.3, -0.25) is 0 Å². The van der Waals surface area contributed by atoms with Crippen LogP contribution >= 0.6 is 0 Å². The summed E-state index contributed by atoms with van der Waals surface area (Å²) in [5.41, 5.74) is 1.67. The second kappa shape index (κ2) is 3.32. The van der Waals surface area contributed by atoms with Gasteiger partial charge in [0.25, 0.3) is 0 Å². The van der Waals surface area contributed by atoms with Gasteiger partial charge in [-0.05, 0) is 18.2 Å². The first-order valence-corrected chi connectivity index (χ1v) is 3.86. The fourth-order valence-corrected chi connectivity index (χ4v) is 1.10. The van der Waals surface area contributed by atoms with Crippen molar-refractivity contribution in [3.8, 4) is 6.08 Å². The smallest absolute Gasteiger partial charge is 0.394 e. The molecule has 5 nitrogen and oxygen atoms in total. The quantitative estimate of drug-likeness (QED) is 0.535. The molecule has 0 fully saturated rings. The van der Waals surface area contributed by atoms with Gasteiger partial charge in [-0.2, -0.15) is 9.98 Å². The highest BCUT2D eigenvalue weighted by atomic mass is 16.6. The van der Waals surface area contributed by atoms with E-state index in [1.807, 2.05) is 0 Å². The number of aliphatic imine (C=N–C) groups is 1. The van der Waals surface area contributed by atoms with Crippen molar-refractivity contribution in [1.29, 1.82) is 0 Å². The normalized spacial score (nSPS) is 9.79. The van der Waals surface area contributed by atoms with E-state index in [-0.39, 0.29) is 6.08 Å². The summed E-state index contributed by atoms with van der Waals surface area (Å²) in [4.78, 5) is 17.5. The molecule has 0 aliphatic rings. The molecule has 0 amide bonds. The average Bonchev–Trinajstić information content (AvgIpc) is 2.60.